The van der Waals surface area contributed by atoms with Crippen LogP contribution < -0.4 is 4.74 Å². The van der Waals surface area contributed by atoms with Crippen molar-refractivity contribution in [2.24, 2.45) is 0 Å². The Morgan fingerprint density at radius 2 is 1.66 bits per heavy atom. The molecule has 2 unspecified atom stereocenters. The Morgan fingerprint density at radius 3 is 2.29 bits per heavy atom. The van der Waals surface area contributed by atoms with Crippen LogP contribution in [0.4, 0.5) is 4.79 Å². The number of amides is 2. The fourth-order valence-electron chi connectivity index (χ4n) is 4.15. The van der Waals surface area contributed by atoms with Gasteiger partial charge in [0.05, 0.1) is 6.04 Å². The number of phenols is 1. The topological polar surface area (TPSA) is 76.1 Å². The number of carbonyl (C=O) groups excluding carboxylic acids is 2. The second-order valence-corrected chi connectivity index (χ2v) is 9.88. The summed E-state index contributed by atoms with van der Waals surface area (Å²) in [7, 11) is 0. The van der Waals surface area contributed by atoms with Crippen LogP contribution in [-0.2, 0) is 27.8 Å². The van der Waals surface area contributed by atoms with Crippen LogP contribution >= 0.6 is 0 Å². The molecule has 0 bridgehead atoms. The second-order valence-electron chi connectivity index (χ2n) is 9.88. The minimum atomic E-state index is -0.941. The van der Waals surface area contributed by atoms with Crippen LogP contribution in [0.2, 0.25) is 0 Å². The highest BCUT2D eigenvalue weighted by Crippen LogP contribution is 2.26. The first-order valence-corrected chi connectivity index (χ1v) is 11.8. The number of ether oxygens (including phenoxy) is 2. The third kappa shape index (κ3) is 6.01. The highest BCUT2D eigenvalue weighted by Gasteiger charge is 2.41. The van der Waals surface area contributed by atoms with Gasteiger partial charge in [-0.15, -0.1) is 0 Å². The van der Waals surface area contributed by atoms with Crippen molar-refractivity contribution in [2.75, 3.05) is 6.61 Å². The highest BCUT2D eigenvalue weighted by molar-refractivity contribution is 5.96. The van der Waals surface area contributed by atoms with E-state index >= 15 is 0 Å². The van der Waals surface area contributed by atoms with Crippen molar-refractivity contribution in [2.45, 2.75) is 51.2 Å². The van der Waals surface area contributed by atoms with Crippen LogP contribution in [0, 0.1) is 0 Å². The molecule has 4 rings (SSSR count). The van der Waals surface area contributed by atoms with Gasteiger partial charge in [0.1, 0.15) is 18.1 Å². The van der Waals surface area contributed by atoms with Crippen molar-refractivity contribution in [3.05, 3.63) is 95.6 Å². The third-order valence-electron chi connectivity index (χ3n) is 6.14. The fourth-order valence-corrected chi connectivity index (χ4v) is 4.15. The van der Waals surface area contributed by atoms with Crippen molar-refractivity contribution in [3.8, 4) is 11.5 Å². The number of nitrogens with zero attached hydrogens (tertiary/aromatic N) is 1. The smallest absolute Gasteiger partial charge is 0.417 e. The first-order valence-electron chi connectivity index (χ1n) is 11.8. The van der Waals surface area contributed by atoms with E-state index < -0.39 is 24.1 Å². The quantitative estimate of drug-likeness (QED) is 0.506. The van der Waals surface area contributed by atoms with Gasteiger partial charge in [0.2, 0.25) is 0 Å². The van der Waals surface area contributed by atoms with Crippen LogP contribution in [0.5, 0.6) is 11.5 Å². The summed E-state index contributed by atoms with van der Waals surface area (Å²) >= 11 is 0. The van der Waals surface area contributed by atoms with Crippen molar-refractivity contribution in [1.82, 2.24) is 4.90 Å². The van der Waals surface area contributed by atoms with E-state index in [1.165, 1.54) is 4.90 Å². The molecule has 0 radical (unpaired) electrons. The average Bonchev–Trinajstić information content (AvgIpc) is 3.19. The zero-order chi connectivity index (χ0) is 25.0. The lowest BCUT2D eigenvalue weighted by atomic mass is 9.87. The van der Waals surface area contributed by atoms with Gasteiger partial charge in [-0.2, -0.15) is 0 Å². The monoisotopic (exact) mass is 473 g/mol. The van der Waals surface area contributed by atoms with E-state index in [0.29, 0.717) is 12.2 Å². The van der Waals surface area contributed by atoms with E-state index in [1.807, 2.05) is 54.6 Å². The minimum Gasteiger partial charge on any atom is -0.508 e. The third-order valence-corrected chi connectivity index (χ3v) is 6.14. The first kappa shape index (κ1) is 24.3. The molecule has 1 saturated heterocycles. The van der Waals surface area contributed by atoms with Gasteiger partial charge < -0.3 is 14.6 Å². The summed E-state index contributed by atoms with van der Waals surface area (Å²) < 4.78 is 11.4. The fraction of sp³-hybridized carbons (Fsp3) is 0.310. The van der Waals surface area contributed by atoms with Gasteiger partial charge in [-0.05, 0) is 52.8 Å². The maximum Gasteiger partial charge on any atom is 0.417 e. The summed E-state index contributed by atoms with van der Waals surface area (Å²) in [5.74, 6) is 0.241. The van der Waals surface area contributed by atoms with E-state index in [4.69, 9.17) is 9.47 Å². The number of phenolic OH excluding ortho intramolecular Hbond substituents is 1. The molecule has 1 fully saturated rings. The molecule has 2 amide bonds. The molecule has 2 atom stereocenters. The molecule has 0 spiro atoms. The molecule has 1 heterocycles. The lowest BCUT2D eigenvalue weighted by molar-refractivity contribution is -0.136. The minimum absolute atomic E-state index is 0.0102. The largest absolute Gasteiger partial charge is 0.508 e. The Hall–Kier alpha value is -3.80. The number of aromatic hydroxyl groups is 1. The molecule has 0 aromatic heterocycles. The van der Waals surface area contributed by atoms with Crippen LogP contribution in [0.15, 0.2) is 78.9 Å². The predicted octanol–water partition coefficient (Wildman–Crippen LogP) is 5.27. The molecule has 3 aromatic rings. The summed E-state index contributed by atoms with van der Waals surface area (Å²) in [6.07, 6.45) is -0.853. The molecule has 1 N–H and O–H groups in total. The van der Waals surface area contributed by atoms with E-state index in [9.17, 15) is 14.7 Å². The lowest BCUT2D eigenvalue weighted by Gasteiger charge is -2.26. The van der Waals surface area contributed by atoms with Gasteiger partial charge in [0.25, 0.3) is 5.91 Å². The normalized spacial score (nSPS) is 16.6. The predicted molar refractivity (Wildman–Crippen MR) is 133 cm³/mol. The number of imide groups is 1. The molecule has 1 aliphatic heterocycles. The van der Waals surface area contributed by atoms with E-state index in [1.54, 1.807) is 24.3 Å². The first-order chi connectivity index (χ1) is 16.7. The van der Waals surface area contributed by atoms with Gasteiger partial charge in [-0.25, -0.2) is 9.69 Å². The zero-order valence-electron chi connectivity index (χ0n) is 20.3. The van der Waals surface area contributed by atoms with E-state index in [0.717, 1.165) is 16.7 Å². The summed E-state index contributed by atoms with van der Waals surface area (Å²) in [4.78, 5) is 27.5. The van der Waals surface area contributed by atoms with Crippen molar-refractivity contribution < 1.29 is 24.2 Å². The summed E-state index contributed by atoms with van der Waals surface area (Å²) in [5, 5.41) is 9.64. The average molecular weight is 474 g/mol. The van der Waals surface area contributed by atoms with Gasteiger partial charge >= 0.3 is 6.09 Å². The molecule has 35 heavy (non-hydrogen) atoms. The Labute approximate surface area is 206 Å². The Balaban J connectivity index is 1.59. The number of benzene rings is 3. The number of hydrogen-bond acceptors (Lipinski definition) is 5. The molecule has 182 valence electrons. The van der Waals surface area contributed by atoms with Gasteiger partial charge in [-0.1, -0.05) is 75.4 Å². The van der Waals surface area contributed by atoms with Crippen LogP contribution in [0.25, 0.3) is 0 Å². The molecule has 3 aromatic carbocycles. The van der Waals surface area contributed by atoms with Crippen molar-refractivity contribution in [3.63, 3.8) is 0 Å². The van der Waals surface area contributed by atoms with Crippen LogP contribution in [0.3, 0.4) is 0 Å². The van der Waals surface area contributed by atoms with Crippen molar-refractivity contribution in [1.29, 1.82) is 0 Å². The van der Waals surface area contributed by atoms with Gasteiger partial charge in [0.15, 0.2) is 6.10 Å². The Bertz CT molecular complexity index is 1150. The van der Waals surface area contributed by atoms with Crippen LogP contribution in [0.1, 0.15) is 37.5 Å². The lowest BCUT2D eigenvalue weighted by Crippen LogP contribution is -2.48. The number of rotatable bonds is 7. The maximum absolute atomic E-state index is 13.7. The Kier molecular flexibility index (Phi) is 7.10. The summed E-state index contributed by atoms with van der Waals surface area (Å²) in [6.45, 7) is 6.54. The van der Waals surface area contributed by atoms with Gasteiger partial charge in [0, 0.05) is 6.42 Å². The maximum atomic E-state index is 13.7. The summed E-state index contributed by atoms with van der Waals surface area (Å²) in [5.41, 5.74) is 2.96. The number of cyclic esters (lactones) is 1. The summed E-state index contributed by atoms with van der Waals surface area (Å²) in [6, 6.07) is 23.6. The van der Waals surface area contributed by atoms with E-state index in [-0.39, 0.29) is 24.2 Å². The molecule has 0 saturated carbocycles. The van der Waals surface area contributed by atoms with Crippen LogP contribution in [-0.4, -0.2) is 40.8 Å². The molecular weight excluding hydrogens is 442 g/mol. The Morgan fingerprint density at radius 1 is 1.00 bits per heavy atom. The second kappa shape index (κ2) is 10.2. The standard InChI is InChI=1S/C29H31NO5/c1-29(2,3)22-11-15-25(16-12-22)35-26(18-21-9-13-24(31)14-10-21)27(32)30-23(19-34-28(30)33)17-20-7-5-4-6-8-20/h4-16,23,26,31H,17-19H2,1-3H3. The number of carbonyl (C=O) groups is 2. The SMILES string of the molecule is CC(C)(C)c1ccc(OC(Cc2ccc(O)cc2)C(=O)N2C(=O)OCC2Cc2ccccc2)cc1. The molecule has 0 aliphatic carbocycles. The molecular formula is C29H31NO5. The zero-order valence-corrected chi connectivity index (χ0v) is 20.3. The van der Waals surface area contributed by atoms with E-state index in [2.05, 4.69) is 20.8 Å². The molecule has 6 nitrogen and oxygen atoms in total. The highest BCUT2D eigenvalue weighted by atomic mass is 16.6. The number of hydrogen-bond donors (Lipinski definition) is 1. The molecule has 1 aliphatic rings. The molecule has 6 heteroatoms. The van der Waals surface area contributed by atoms with Gasteiger partial charge in [-0.3, -0.25) is 4.79 Å². The van der Waals surface area contributed by atoms with Crippen molar-refractivity contribution >= 4 is 12.0 Å².